The maximum atomic E-state index is 13.0. The average Bonchev–Trinajstić information content (AvgIpc) is 3.33. The first-order valence-corrected chi connectivity index (χ1v) is 9.56. The lowest BCUT2D eigenvalue weighted by atomic mass is 10.0. The fraction of sp³-hybridized carbons (Fsp3) is 0.333. The third-order valence-electron chi connectivity index (χ3n) is 4.82. The SMILES string of the molecule is O=S(=O)(N[C@@H]1C[C@H]1c1ccc(F)cc1)N1CCc2ccccc2C1. The van der Waals surface area contributed by atoms with E-state index in [0.29, 0.717) is 13.1 Å². The van der Waals surface area contributed by atoms with E-state index in [4.69, 9.17) is 0 Å². The molecular formula is C18H19FN2O2S. The predicted octanol–water partition coefficient (Wildman–Crippen LogP) is 2.57. The number of benzene rings is 2. The monoisotopic (exact) mass is 346 g/mol. The number of nitrogens with one attached hydrogen (secondary N) is 1. The fourth-order valence-electron chi connectivity index (χ4n) is 3.34. The predicted molar refractivity (Wildman–Crippen MR) is 90.2 cm³/mol. The second-order valence-electron chi connectivity index (χ2n) is 6.48. The molecule has 24 heavy (non-hydrogen) atoms. The Balaban J connectivity index is 1.43. The summed E-state index contributed by atoms with van der Waals surface area (Å²) in [6, 6.07) is 14.1. The molecule has 2 aromatic carbocycles. The second kappa shape index (κ2) is 5.95. The van der Waals surface area contributed by atoms with Gasteiger partial charge in [-0.2, -0.15) is 17.4 Å². The molecule has 1 N–H and O–H groups in total. The van der Waals surface area contributed by atoms with Crippen LogP contribution in [0.2, 0.25) is 0 Å². The molecule has 2 aromatic rings. The molecule has 1 aliphatic heterocycles. The van der Waals surface area contributed by atoms with Gasteiger partial charge in [0.05, 0.1) is 0 Å². The van der Waals surface area contributed by atoms with Crippen molar-refractivity contribution in [1.82, 2.24) is 9.03 Å². The van der Waals surface area contributed by atoms with Gasteiger partial charge in [0.25, 0.3) is 10.2 Å². The highest BCUT2D eigenvalue weighted by Gasteiger charge is 2.42. The lowest BCUT2D eigenvalue weighted by Crippen LogP contribution is -2.44. The molecule has 1 saturated carbocycles. The Hall–Kier alpha value is -1.76. The van der Waals surface area contributed by atoms with Gasteiger partial charge in [-0.3, -0.25) is 0 Å². The van der Waals surface area contributed by atoms with Crippen molar-refractivity contribution in [3.05, 3.63) is 71.0 Å². The normalized spacial score (nSPS) is 23.7. The van der Waals surface area contributed by atoms with E-state index in [2.05, 4.69) is 10.8 Å². The van der Waals surface area contributed by atoms with Gasteiger partial charge in [0.1, 0.15) is 5.82 Å². The van der Waals surface area contributed by atoms with Crippen LogP contribution >= 0.6 is 0 Å². The van der Waals surface area contributed by atoms with Crippen LogP contribution in [0.5, 0.6) is 0 Å². The largest absolute Gasteiger partial charge is 0.280 e. The van der Waals surface area contributed by atoms with E-state index in [1.165, 1.54) is 22.0 Å². The van der Waals surface area contributed by atoms with E-state index >= 15 is 0 Å². The quantitative estimate of drug-likeness (QED) is 0.925. The van der Waals surface area contributed by atoms with Crippen LogP contribution < -0.4 is 4.72 Å². The Bertz CT molecular complexity index is 852. The van der Waals surface area contributed by atoms with Crippen LogP contribution in [0, 0.1) is 5.82 Å². The summed E-state index contributed by atoms with van der Waals surface area (Å²) in [6.07, 6.45) is 1.50. The van der Waals surface area contributed by atoms with Gasteiger partial charge in [0, 0.05) is 25.0 Å². The molecule has 1 heterocycles. The van der Waals surface area contributed by atoms with Crippen LogP contribution in [0.3, 0.4) is 0 Å². The van der Waals surface area contributed by atoms with Gasteiger partial charge in [0.2, 0.25) is 0 Å². The molecule has 4 rings (SSSR count). The van der Waals surface area contributed by atoms with Crippen LogP contribution in [0.4, 0.5) is 4.39 Å². The molecule has 0 unspecified atom stereocenters. The zero-order valence-electron chi connectivity index (χ0n) is 13.2. The Labute approximate surface area is 141 Å². The molecule has 6 heteroatoms. The summed E-state index contributed by atoms with van der Waals surface area (Å²) in [5, 5.41) is 0. The summed E-state index contributed by atoms with van der Waals surface area (Å²) in [4.78, 5) is 0. The van der Waals surface area contributed by atoms with E-state index in [9.17, 15) is 12.8 Å². The highest BCUT2D eigenvalue weighted by molar-refractivity contribution is 7.87. The van der Waals surface area contributed by atoms with Crippen molar-refractivity contribution in [1.29, 1.82) is 0 Å². The number of hydrogen-bond acceptors (Lipinski definition) is 2. The van der Waals surface area contributed by atoms with Crippen LogP contribution in [-0.2, 0) is 23.2 Å². The van der Waals surface area contributed by atoms with Crippen molar-refractivity contribution in [2.75, 3.05) is 6.54 Å². The first kappa shape index (κ1) is 15.7. The van der Waals surface area contributed by atoms with Crippen molar-refractivity contribution in [2.24, 2.45) is 0 Å². The molecule has 1 fully saturated rings. The third-order valence-corrected chi connectivity index (χ3v) is 6.42. The molecule has 0 bridgehead atoms. The van der Waals surface area contributed by atoms with Gasteiger partial charge < -0.3 is 0 Å². The number of rotatable bonds is 4. The van der Waals surface area contributed by atoms with Gasteiger partial charge in [-0.1, -0.05) is 36.4 Å². The van der Waals surface area contributed by atoms with E-state index in [-0.39, 0.29) is 17.8 Å². The molecule has 126 valence electrons. The molecule has 4 nitrogen and oxygen atoms in total. The molecule has 0 spiro atoms. The van der Waals surface area contributed by atoms with Gasteiger partial charge in [0.15, 0.2) is 0 Å². The highest BCUT2D eigenvalue weighted by Crippen LogP contribution is 2.41. The fourth-order valence-corrected chi connectivity index (χ4v) is 4.78. The van der Waals surface area contributed by atoms with Gasteiger partial charge in [-0.05, 0) is 41.7 Å². The van der Waals surface area contributed by atoms with E-state index < -0.39 is 10.2 Å². The molecule has 2 aliphatic rings. The summed E-state index contributed by atoms with van der Waals surface area (Å²) in [5.74, 6) is -0.138. The Morgan fingerprint density at radius 1 is 1.04 bits per heavy atom. The molecule has 0 saturated heterocycles. The number of fused-ring (bicyclic) bond motifs is 1. The van der Waals surface area contributed by atoms with Crippen LogP contribution in [0.1, 0.15) is 29.0 Å². The minimum Gasteiger partial charge on any atom is -0.207 e. The van der Waals surface area contributed by atoms with Gasteiger partial charge in [-0.15, -0.1) is 0 Å². The molecule has 0 radical (unpaired) electrons. The summed E-state index contributed by atoms with van der Waals surface area (Å²) in [7, 11) is -3.50. The second-order valence-corrected chi connectivity index (χ2v) is 8.18. The van der Waals surface area contributed by atoms with Crippen LogP contribution in [0.15, 0.2) is 48.5 Å². The summed E-state index contributed by atoms with van der Waals surface area (Å²) in [6.45, 7) is 0.916. The van der Waals surface area contributed by atoms with Gasteiger partial charge >= 0.3 is 0 Å². The molecule has 0 aromatic heterocycles. The van der Waals surface area contributed by atoms with E-state index in [1.807, 2.05) is 18.2 Å². The first-order valence-electron chi connectivity index (χ1n) is 8.12. The Morgan fingerprint density at radius 3 is 2.50 bits per heavy atom. The molecule has 2 atom stereocenters. The zero-order chi connectivity index (χ0) is 16.7. The standard InChI is InChI=1S/C18H19FN2O2S/c19-16-7-5-14(6-8-16)17-11-18(17)20-24(22,23)21-10-9-13-3-1-2-4-15(13)12-21/h1-8,17-18,20H,9-12H2/t17-,18+/m0/s1. The summed E-state index contributed by atoms with van der Waals surface area (Å²) >= 11 is 0. The molecule has 0 amide bonds. The van der Waals surface area contributed by atoms with Crippen molar-refractivity contribution in [3.63, 3.8) is 0 Å². The van der Waals surface area contributed by atoms with Crippen molar-refractivity contribution >= 4 is 10.2 Å². The van der Waals surface area contributed by atoms with Crippen molar-refractivity contribution in [3.8, 4) is 0 Å². The minimum absolute atomic E-state index is 0.0994. The van der Waals surface area contributed by atoms with Crippen LogP contribution in [-0.4, -0.2) is 25.3 Å². The number of nitrogens with zero attached hydrogens (tertiary/aromatic N) is 1. The van der Waals surface area contributed by atoms with Crippen LogP contribution in [0.25, 0.3) is 0 Å². The smallest absolute Gasteiger partial charge is 0.207 e. The zero-order valence-corrected chi connectivity index (χ0v) is 14.0. The van der Waals surface area contributed by atoms with E-state index in [1.54, 1.807) is 12.1 Å². The topological polar surface area (TPSA) is 49.4 Å². The Kier molecular flexibility index (Phi) is 3.90. The summed E-state index contributed by atoms with van der Waals surface area (Å²) < 4.78 is 42.6. The maximum Gasteiger partial charge on any atom is 0.280 e. The number of hydrogen-bond donors (Lipinski definition) is 1. The average molecular weight is 346 g/mol. The first-order chi connectivity index (χ1) is 11.5. The Morgan fingerprint density at radius 2 is 1.75 bits per heavy atom. The van der Waals surface area contributed by atoms with Gasteiger partial charge in [-0.25, -0.2) is 4.39 Å². The van der Waals surface area contributed by atoms with Crippen molar-refractivity contribution < 1.29 is 12.8 Å². The lowest BCUT2D eigenvalue weighted by Gasteiger charge is -2.28. The summed E-state index contributed by atoms with van der Waals surface area (Å²) in [5.41, 5.74) is 3.27. The highest BCUT2D eigenvalue weighted by atomic mass is 32.2. The molecule has 1 aliphatic carbocycles. The lowest BCUT2D eigenvalue weighted by molar-refractivity contribution is 0.383. The third kappa shape index (κ3) is 3.09. The minimum atomic E-state index is -3.50. The number of halogens is 1. The maximum absolute atomic E-state index is 13.0. The van der Waals surface area contributed by atoms with Crippen molar-refractivity contribution in [2.45, 2.75) is 31.3 Å². The van der Waals surface area contributed by atoms with E-state index in [0.717, 1.165) is 24.0 Å². The molecular weight excluding hydrogens is 327 g/mol.